The van der Waals surface area contributed by atoms with Gasteiger partial charge < -0.3 is 15.2 Å². The van der Waals surface area contributed by atoms with E-state index in [2.05, 4.69) is 15.5 Å². The van der Waals surface area contributed by atoms with E-state index in [1.54, 1.807) is 36.4 Å². The van der Waals surface area contributed by atoms with Crippen molar-refractivity contribution in [1.82, 2.24) is 15.5 Å². The van der Waals surface area contributed by atoms with Gasteiger partial charge in [0.1, 0.15) is 18.2 Å². The first-order valence-corrected chi connectivity index (χ1v) is 9.90. The van der Waals surface area contributed by atoms with Gasteiger partial charge in [-0.05, 0) is 48.7 Å². The monoisotopic (exact) mass is 411 g/mol. The molecule has 2 aromatic carbocycles. The second-order valence-electron chi connectivity index (χ2n) is 7.44. The first-order valence-electron chi connectivity index (χ1n) is 9.90. The Kier molecular flexibility index (Phi) is 6.84. The van der Waals surface area contributed by atoms with E-state index < -0.39 is 0 Å². The molecule has 0 saturated heterocycles. The molecule has 0 fully saturated rings. The number of fused-ring (bicyclic) bond motifs is 1. The average Bonchev–Trinajstić information content (AvgIpc) is 3.14. The molecule has 0 unspecified atom stereocenters. The third-order valence-corrected chi connectivity index (χ3v) is 4.96. The first-order chi connectivity index (χ1) is 14.4. The van der Waals surface area contributed by atoms with Crippen molar-refractivity contribution in [1.29, 1.82) is 0 Å². The Hall–Kier alpha value is -3.19. The Balaban J connectivity index is 2.02. The number of nitrogens with one attached hydrogen (secondary N) is 2. The molecule has 0 bridgehead atoms. The summed E-state index contributed by atoms with van der Waals surface area (Å²) in [6.07, 6.45) is 3.58. The largest absolute Gasteiger partial charge is 0.490 e. The topological polar surface area (TPSA) is 87.2 Å². The molecule has 0 spiro atoms. The summed E-state index contributed by atoms with van der Waals surface area (Å²) in [7, 11) is 0. The second kappa shape index (κ2) is 9.54. The van der Waals surface area contributed by atoms with Gasteiger partial charge in [-0.3, -0.25) is 9.89 Å². The third kappa shape index (κ3) is 4.86. The fraction of sp³-hybridized carbons (Fsp3) is 0.304. The van der Waals surface area contributed by atoms with Crippen LogP contribution in [0.2, 0.25) is 0 Å². The van der Waals surface area contributed by atoms with Crippen molar-refractivity contribution >= 4 is 29.0 Å². The quantitative estimate of drug-likeness (QED) is 0.523. The predicted octanol–water partition coefficient (Wildman–Crippen LogP) is 4.02. The highest BCUT2D eigenvalue weighted by Gasteiger charge is 2.21. The maximum Gasteiger partial charge on any atom is 0.255 e. The van der Waals surface area contributed by atoms with Gasteiger partial charge in [0.25, 0.3) is 5.91 Å². The van der Waals surface area contributed by atoms with Gasteiger partial charge in [0.2, 0.25) is 0 Å². The average molecular weight is 411 g/mol. The number of carbonyl (C=O) groups is 1. The number of aliphatic hydroxyl groups is 1. The van der Waals surface area contributed by atoms with Crippen LogP contribution in [0.25, 0.3) is 23.1 Å². The summed E-state index contributed by atoms with van der Waals surface area (Å²) in [5.74, 6) is 0.0918. The predicted molar refractivity (Wildman–Crippen MR) is 116 cm³/mol. The highest BCUT2D eigenvalue weighted by atomic mass is 19.1. The number of hydrogen-bond acceptors (Lipinski definition) is 4. The number of aromatic amines is 1. The summed E-state index contributed by atoms with van der Waals surface area (Å²) >= 11 is 0. The van der Waals surface area contributed by atoms with Gasteiger partial charge in [-0.2, -0.15) is 5.10 Å². The molecule has 1 aromatic heterocycles. The number of ether oxygens (including phenoxy) is 1. The third-order valence-electron chi connectivity index (χ3n) is 4.96. The van der Waals surface area contributed by atoms with Gasteiger partial charge in [-0.15, -0.1) is 0 Å². The number of H-pyrrole nitrogens is 1. The van der Waals surface area contributed by atoms with Crippen LogP contribution in [-0.4, -0.2) is 40.5 Å². The molecule has 0 radical (unpaired) electrons. The number of amides is 1. The molecule has 3 aromatic rings. The van der Waals surface area contributed by atoms with Crippen LogP contribution in [0, 0.1) is 11.7 Å². The molecule has 0 aliphatic carbocycles. The zero-order valence-corrected chi connectivity index (χ0v) is 17.3. The van der Waals surface area contributed by atoms with Crippen molar-refractivity contribution in [3.63, 3.8) is 0 Å². The maximum absolute atomic E-state index is 13.1. The number of hydrogen-bond donors (Lipinski definition) is 3. The van der Waals surface area contributed by atoms with Gasteiger partial charge >= 0.3 is 0 Å². The molecule has 3 N–H and O–H groups in total. The van der Waals surface area contributed by atoms with Crippen LogP contribution in [0.3, 0.4) is 0 Å². The minimum Gasteiger partial charge on any atom is -0.490 e. The minimum absolute atomic E-state index is 0.0129. The summed E-state index contributed by atoms with van der Waals surface area (Å²) in [5, 5.41) is 20.1. The number of nitrogens with zero attached hydrogens (tertiary/aromatic N) is 1. The van der Waals surface area contributed by atoms with Crippen LogP contribution in [0.1, 0.15) is 42.4 Å². The maximum atomic E-state index is 13.1. The van der Waals surface area contributed by atoms with E-state index >= 15 is 0 Å². The van der Waals surface area contributed by atoms with Crippen LogP contribution in [0.5, 0.6) is 5.75 Å². The lowest BCUT2D eigenvalue weighted by Gasteiger charge is -2.19. The van der Waals surface area contributed by atoms with E-state index in [1.165, 1.54) is 12.1 Å². The van der Waals surface area contributed by atoms with Crippen molar-refractivity contribution in [3.05, 3.63) is 59.0 Å². The number of rotatable bonds is 8. The van der Waals surface area contributed by atoms with Crippen LogP contribution < -0.4 is 10.1 Å². The minimum atomic E-state index is -0.302. The molecule has 1 heterocycles. The zero-order valence-electron chi connectivity index (χ0n) is 17.3. The van der Waals surface area contributed by atoms with E-state index in [0.717, 1.165) is 5.56 Å². The number of aromatic nitrogens is 2. The summed E-state index contributed by atoms with van der Waals surface area (Å²) < 4.78 is 18.9. The molecule has 1 amide bonds. The lowest BCUT2D eigenvalue weighted by Crippen LogP contribution is -2.36. The molecule has 0 aliphatic heterocycles. The zero-order chi connectivity index (χ0) is 21.7. The number of benzene rings is 2. The molecule has 0 saturated carbocycles. The molecule has 1 atom stereocenters. The number of halogens is 1. The normalized spacial score (nSPS) is 12.6. The van der Waals surface area contributed by atoms with Crippen molar-refractivity contribution in [2.24, 2.45) is 5.92 Å². The van der Waals surface area contributed by atoms with Gasteiger partial charge in [-0.1, -0.05) is 32.1 Å². The fourth-order valence-electron chi connectivity index (χ4n) is 2.90. The Morgan fingerprint density at radius 3 is 2.60 bits per heavy atom. The number of aliphatic hydroxyl groups excluding tert-OH is 1. The Morgan fingerprint density at radius 1 is 1.20 bits per heavy atom. The standard InChI is InChI=1S/C23H26FN3O3/c1-14(2)15(3)25-23(29)18-9-11-20-21(22(18)30-13-12-28)19(26-27-20)10-6-16-4-7-17(24)8-5-16/h4-11,14-15,28H,12-13H2,1-3H3,(H,25,29)(H,26,27)/b10-6+/t15-/m1/s1. The van der Waals surface area contributed by atoms with Crippen molar-refractivity contribution in [2.45, 2.75) is 26.8 Å². The second-order valence-corrected chi connectivity index (χ2v) is 7.44. The Labute approximate surface area is 174 Å². The van der Waals surface area contributed by atoms with Crippen molar-refractivity contribution in [3.8, 4) is 5.75 Å². The van der Waals surface area contributed by atoms with Crippen LogP contribution in [0.15, 0.2) is 36.4 Å². The molecule has 7 heteroatoms. The molecular formula is C23H26FN3O3. The first kappa shape index (κ1) is 21.5. The van der Waals surface area contributed by atoms with Crippen LogP contribution in [0.4, 0.5) is 4.39 Å². The summed E-state index contributed by atoms with van der Waals surface area (Å²) in [6.45, 7) is 5.88. The van der Waals surface area contributed by atoms with E-state index in [4.69, 9.17) is 4.74 Å². The van der Waals surface area contributed by atoms with Crippen LogP contribution >= 0.6 is 0 Å². The smallest absolute Gasteiger partial charge is 0.255 e. The van der Waals surface area contributed by atoms with Gasteiger partial charge in [0.15, 0.2) is 0 Å². The molecule has 30 heavy (non-hydrogen) atoms. The van der Waals surface area contributed by atoms with Crippen LogP contribution in [-0.2, 0) is 0 Å². The molecule has 0 aliphatic rings. The van der Waals surface area contributed by atoms with Crippen molar-refractivity contribution < 1.29 is 19.0 Å². The molecular weight excluding hydrogens is 385 g/mol. The number of carbonyl (C=O) groups excluding carboxylic acids is 1. The van der Waals surface area contributed by atoms with E-state index in [9.17, 15) is 14.3 Å². The lowest BCUT2D eigenvalue weighted by atomic mass is 10.0. The van der Waals surface area contributed by atoms with E-state index in [-0.39, 0.29) is 36.9 Å². The Morgan fingerprint density at radius 2 is 1.93 bits per heavy atom. The molecule has 3 rings (SSSR count). The highest BCUT2D eigenvalue weighted by molar-refractivity contribution is 6.05. The van der Waals surface area contributed by atoms with E-state index in [1.807, 2.05) is 20.8 Å². The lowest BCUT2D eigenvalue weighted by molar-refractivity contribution is 0.0925. The summed E-state index contributed by atoms with van der Waals surface area (Å²) in [4.78, 5) is 12.9. The molecule has 158 valence electrons. The SMILES string of the molecule is CC(C)[C@@H](C)NC(=O)c1ccc2[nH]nc(/C=C/c3ccc(F)cc3)c2c1OCCO. The summed E-state index contributed by atoms with van der Waals surface area (Å²) in [6, 6.07) is 9.54. The van der Waals surface area contributed by atoms with Crippen molar-refractivity contribution in [2.75, 3.05) is 13.2 Å². The molecule has 6 nitrogen and oxygen atoms in total. The van der Waals surface area contributed by atoms with E-state index in [0.29, 0.717) is 27.9 Å². The summed E-state index contributed by atoms with van der Waals surface area (Å²) in [5.41, 5.74) is 2.47. The van der Waals surface area contributed by atoms with Gasteiger partial charge in [0.05, 0.1) is 28.8 Å². The highest BCUT2D eigenvalue weighted by Crippen LogP contribution is 2.33. The van der Waals surface area contributed by atoms with Gasteiger partial charge in [-0.25, -0.2) is 4.39 Å². The fourth-order valence-corrected chi connectivity index (χ4v) is 2.90. The Bertz CT molecular complexity index is 1040. The van der Waals surface area contributed by atoms with Gasteiger partial charge in [0, 0.05) is 6.04 Å².